The molecule has 3 amide bonds. The van der Waals surface area contributed by atoms with E-state index in [2.05, 4.69) is 81.8 Å². The van der Waals surface area contributed by atoms with Crippen LogP contribution >= 0.6 is 0 Å². The monoisotopic (exact) mass is 1240 g/mol. The molecular formula is C76H112N4O10. The summed E-state index contributed by atoms with van der Waals surface area (Å²) in [5.74, 6) is 3.43. The van der Waals surface area contributed by atoms with Gasteiger partial charge in [0.05, 0.1) is 36.6 Å². The first-order valence-electron chi connectivity index (χ1n) is 35.6. The third kappa shape index (κ3) is 13.6. The summed E-state index contributed by atoms with van der Waals surface area (Å²) in [7, 11) is 0. The van der Waals surface area contributed by atoms with E-state index in [9.17, 15) is 45.0 Å². The molecule has 0 unspecified atom stereocenters. The molecule has 0 aromatic heterocycles. The van der Waals surface area contributed by atoms with Crippen LogP contribution in [0.1, 0.15) is 197 Å². The molecule has 496 valence electrons. The molecule has 0 heterocycles. The minimum Gasteiger partial charge on any atom is -0.489 e. The SMILES string of the molecule is C[C@H](CCC(=O)NCCCN(CCCNC(=O)CC[C@@H](C)[C@H]1CC[C@H]2[C@@H]3[C@H](O)C[C@@H]4C[C@H](O)CC[C@]4(C)[C@H]3C[C@H](O)[C@]12C)C(=O)c1ccc(CNCc2ccc(OCc3ccccc3)cc2)cc1)[C@H]1CC[C@H]2[C@@H]3[C@H](O)C[C@@H]4C[C@H](O)CC[C@]4(C)[C@H]3C[C@H](O)[C@]12C. The van der Waals surface area contributed by atoms with Crippen LogP contribution < -0.4 is 20.7 Å². The molecule has 0 saturated heterocycles. The summed E-state index contributed by atoms with van der Waals surface area (Å²) in [6.45, 7) is 17.3. The number of amides is 3. The lowest BCUT2D eigenvalue weighted by atomic mass is 9.43. The van der Waals surface area contributed by atoms with Crippen LogP contribution in [0.3, 0.4) is 0 Å². The maximum absolute atomic E-state index is 14.4. The first-order chi connectivity index (χ1) is 43.1. The second-order valence-corrected chi connectivity index (χ2v) is 31.5. The van der Waals surface area contributed by atoms with E-state index in [1.54, 1.807) is 0 Å². The van der Waals surface area contributed by atoms with Crippen molar-refractivity contribution in [1.29, 1.82) is 0 Å². The molecule has 0 spiro atoms. The molecule has 3 aromatic rings. The van der Waals surface area contributed by atoms with Gasteiger partial charge in [-0.25, -0.2) is 0 Å². The standard InChI is InChI=1S/C76H112N4O10/c1-47(58-24-26-60-70-62(42-66(85)75(58,60)5)73(3)32-30-55(81)38-53(73)40-64(70)83)14-28-68(87)78-34-10-36-80(72(89)52-20-16-49(17-21-52)44-77-45-50-18-22-57(23-19-50)90-46-51-12-8-7-9-13-51)37-11-35-79-69(88)29-15-48(2)59-25-27-61-71-63(43-67(86)76(59,61)6)74(4)33-31-56(82)39-54(74)41-65(71)84/h7-9,12-13,16-23,47-48,53-56,58-67,70-71,77,81-86H,10-11,14-15,24-46H2,1-6H3,(H,78,87)(H,79,88)/t47-,48-,53+,54+,55-,56-,58-,59-,60+,61+,62+,63+,64-,65-,66+,67+,70+,71+,73+,74+,75-,76-/m1/s1. The van der Waals surface area contributed by atoms with E-state index < -0.39 is 24.4 Å². The highest BCUT2D eigenvalue weighted by atomic mass is 16.5. The highest BCUT2D eigenvalue weighted by Crippen LogP contribution is 2.70. The Bertz CT molecular complexity index is 2760. The predicted octanol–water partition coefficient (Wildman–Crippen LogP) is 10.8. The summed E-state index contributed by atoms with van der Waals surface area (Å²) >= 11 is 0. The third-order valence-corrected chi connectivity index (χ3v) is 26.9. The van der Waals surface area contributed by atoms with E-state index in [1.165, 1.54) is 0 Å². The van der Waals surface area contributed by atoms with Crippen molar-refractivity contribution in [3.05, 3.63) is 101 Å². The lowest BCUT2D eigenvalue weighted by Gasteiger charge is -2.63. The average molecular weight is 1240 g/mol. The highest BCUT2D eigenvalue weighted by molar-refractivity contribution is 5.94. The zero-order valence-electron chi connectivity index (χ0n) is 55.3. The predicted molar refractivity (Wildman–Crippen MR) is 350 cm³/mol. The van der Waals surface area contributed by atoms with Gasteiger partial charge in [-0.1, -0.05) is 96.1 Å². The molecular weight excluding hydrogens is 1130 g/mol. The van der Waals surface area contributed by atoms with Gasteiger partial charge in [-0.15, -0.1) is 0 Å². The summed E-state index contributed by atoms with van der Waals surface area (Å²) in [6, 6.07) is 26.0. The van der Waals surface area contributed by atoms with Gasteiger partial charge in [-0.3, -0.25) is 14.4 Å². The summed E-state index contributed by atoms with van der Waals surface area (Å²) in [6.07, 6.45) is 12.7. The molecule has 8 saturated carbocycles. The molecule has 90 heavy (non-hydrogen) atoms. The van der Waals surface area contributed by atoms with Gasteiger partial charge in [-0.2, -0.15) is 0 Å². The summed E-state index contributed by atoms with van der Waals surface area (Å²) < 4.78 is 5.97. The van der Waals surface area contributed by atoms with Crippen LogP contribution in [0.5, 0.6) is 5.75 Å². The van der Waals surface area contributed by atoms with Crippen LogP contribution in [0.4, 0.5) is 0 Å². The number of aliphatic hydroxyl groups excluding tert-OH is 6. The summed E-state index contributed by atoms with van der Waals surface area (Å²) in [5, 5.41) is 78.8. The van der Waals surface area contributed by atoms with Crippen molar-refractivity contribution < 1.29 is 49.8 Å². The molecule has 14 nitrogen and oxygen atoms in total. The van der Waals surface area contributed by atoms with Crippen molar-refractivity contribution in [3.63, 3.8) is 0 Å². The smallest absolute Gasteiger partial charge is 0.253 e. The van der Waals surface area contributed by atoms with Gasteiger partial charge in [-0.05, 0) is 249 Å². The average Bonchev–Trinajstić information content (AvgIpc) is 1.45. The first-order valence-corrected chi connectivity index (χ1v) is 35.6. The lowest BCUT2D eigenvalue weighted by molar-refractivity contribution is -0.207. The number of ether oxygens (including phenoxy) is 1. The zero-order chi connectivity index (χ0) is 63.7. The minimum absolute atomic E-state index is 0.0154. The number of hydrogen-bond donors (Lipinski definition) is 9. The van der Waals surface area contributed by atoms with Crippen LogP contribution in [0, 0.1) is 92.7 Å². The van der Waals surface area contributed by atoms with E-state index in [0.717, 1.165) is 99.5 Å². The van der Waals surface area contributed by atoms with Crippen molar-refractivity contribution in [2.24, 2.45) is 92.7 Å². The molecule has 8 aliphatic carbocycles. The Morgan fingerprint density at radius 1 is 0.544 bits per heavy atom. The number of hydrogen-bond acceptors (Lipinski definition) is 11. The van der Waals surface area contributed by atoms with E-state index in [1.807, 2.05) is 59.5 Å². The molecule has 3 aromatic carbocycles. The van der Waals surface area contributed by atoms with Crippen molar-refractivity contribution in [1.82, 2.24) is 20.9 Å². The normalized spacial score (nSPS) is 38.2. The van der Waals surface area contributed by atoms with Gasteiger partial charge in [0.25, 0.3) is 5.91 Å². The van der Waals surface area contributed by atoms with Crippen molar-refractivity contribution >= 4 is 17.7 Å². The maximum Gasteiger partial charge on any atom is 0.253 e. The molecule has 0 aliphatic heterocycles. The summed E-state index contributed by atoms with van der Waals surface area (Å²) in [4.78, 5) is 43.4. The van der Waals surface area contributed by atoms with Crippen LogP contribution in [0.2, 0.25) is 0 Å². The van der Waals surface area contributed by atoms with Gasteiger partial charge in [0.2, 0.25) is 11.8 Å². The topological polar surface area (TPSA) is 221 Å². The van der Waals surface area contributed by atoms with Crippen LogP contribution in [0.25, 0.3) is 0 Å². The fraction of sp³-hybridized carbons (Fsp3) is 0.724. The number of carbonyl (C=O) groups is 3. The molecule has 0 bridgehead atoms. The Balaban J connectivity index is 0.655. The van der Waals surface area contributed by atoms with E-state index in [4.69, 9.17) is 4.74 Å². The Hall–Kier alpha value is -4.41. The Kier molecular flexibility index (Phi) is 21.1. The quantitative estimate of drug-likeness (QED) is 0.0384. The van der Waals surface area contributed by atoms with Gasteiger partial charge in [0, 0.05) is 57.7 Å². The molecule has 11 rings (SSSR count). The second-order valence-electron chi connectivity index (χ2n) is 31.5. The number of aliphatic hydroxyl groups is 6. The lowest BCUT2D eigenvalue weighted by Crippen LogP contribution is -2.62. The molecule has 8 aliphatic rings. The largest absolute Gasteiger partial charge is 0.489 e. The molecule has 14 heteroatoms. The van der Waals surface area contributed by atoms with Crippen molar-refractivity contribution in [2.45, 2.75) is 226 Å². The molecule has 9 N–H and O–H groups in total. The Morgan fingerprint density at radius 3 is 1.47 bits per heavy atom. The zero-order valence-corrected chi connectivity index (χ0v) is 55.3. The number of carbonyl (C=O) groups excluding carboxylic acids is 3. The second kappa shape index (κ2) is 28.3. The van der Waals surface area contributed by atoms with Crippen molar-refractivity contribution in [2.75, 3.05) is 26.2 Å². The number of nitrogens with zero attached hydrogens (tertiary/aromatic N) is 1. The van der Waals surface area contributed by atoms with E-state index in [0.29, 0.717) is 103 Å². The van der Waals surface area contributed by atoms with Gasteiger partial charge >= 0.3 is 0 Å². The van der Waals surface area contributed by atoms with Crippen LogP contribution in [-0.4, -0.2) is 116 Å². The van der Waals surface area contributed by atoms with Crippen molar-refractivity contribution in [3.8, 4) is 5.75 Å². The minimum atomic E-state index is -0.471. The third-order valence-electron chi connectivity index (χ3n) is 26.9. The summed E-state index contributed by atoms with van der Waals surface area (Å²) in [5.41, 5.74) is 3.29. The Morgan fingerprint density at radius 2 is 1.00 bits per heavy atom. The molecule has 8 fully saturated rings. The molecule has 0 radical (unpaired) electrons. The van der Waals surface area contributed by atoms with Gasteiger partial charge in [0.1, 0.15) is 12.4 Å². The number of benzene rings is 3. The van der Waals surface area contributed by atoms with Crippen LogP contribution in [-0.2, 0) is 29.3 Å². The Labute approximate surface area is 537 Å². The van der Waals surface area contributed by atoms with Gasteiger partial charge in [0.15, 0.2) is 0 Å². The highest BCUT2D eigenvalue weighted by Gasteiger charge is 2.67. The fourth-order valence-corrected chi connectivity index (χ4v) is 21.6. The fourth-order valence-electron chi connectivity index (χ4n) is 21.6. The number of fused-ring (bicyclic) bond motifs is 10. The van der Waals surface area contributed by atoms with Gasteiger partial charge < -0.3 is 56.2 Å². The molecule has 22 atom stereocenters. The van der Waals surface area contributed by atoms with E-state index >= 15 is 0 Å². The number of nitrogens with one attached hydrogen (secondary N) is 3. The number of rotatable bonds is 24. The van der Waals surface area contributed by atoms with E-state index in [-0.39, 0.29) is 123 Å². The maximum atomic E-state index is 14.4. The van der Waals surface area contributed by atoms with Crippen LogP contribution in [0.15, 0.2) is 78.9 Å². The first kappa shape index (κ1) is 67.0.